The summed E-state index contributed by atoms with van der Waals surface area (Å²) < 4.78 is 0. The van der Waals surface area contributed by atoms with Crippen LogP contribution >= 0.6 is 0 Å². The van der Waals surface area contributed by atoms with Gasteiger partial charge >= 0.3 is 0 Å². The summed E-state index contributed by atoms with van der Waals surface area (Å²) in [6.45, 7) is 6.67. The second-order valence-corrected chi connectivity index (χ2v) is 5.06. The SMILES string of the molecule is CCC(C)(C)CCC(=O)C1=CCCC1. The zero-order valence-corrected chi connectivity index (χ0v) is 9.73. The third kappa shape index (κ3) is 3.28. The Balaban J connectivity index is 2.34. The van der Waals surface area contributed by atoms with Gasteiger partial charge in [-0.3, -0.25) is 4.79 Å². The summed E-state index contributed by atoms with van der Waals surface area (Å²) in [5.41, 5.74) is 1.42. The van der Waals surface area contributed by atoms with Gasteiger partial charge in [-0.2, -0.15) is 0 Å². The normalized spacial score (nSPS) is 16.9. The lowest BCUT2D eigenvalue weighted by molar-refractivity contribution is -0.116. The van der Waals surface area contributed by atoms with E-state index >= 15 is 0 Å². The number of allylic oxidation sites excluding steroid dienone is 2. The average molecular weight is 194 g/mol. The van der Waals surface area contributed by atoms with E-state index in [9.17, 15) is 4.79 Å². The Hall–Kier alpha value is -0.590. The van der Waals surface area contributed by atoms with Crippen molar-refractivity contribution in [3.8, 4) is 0 Å². The van der Waals surface area contributed by atoms with Gasteiger partial charge in [0, 0.05) is 6.42 Å². The number of Topliss-reactive ketones (excluding diaryl/α,β-unsaturated/α-hetero) is 1. The highest BCUT2D eigenvalue weighted by Crippen LogP contribution is 2.28. The molecule has 0 spiro atoms. The summed E-state index contributed by atoms with van der Waals surface area (Å²) in [5, 5.41) is 0. The van der Waals surface area contributed by atoms with Gasteiger partial charge in [-0.1, -0.05) is 33.3 Å². The maximum absolute atomic E-state index is 11.7. The Bertz CT molecular complexity index is 236. The van der Waals surface area contributed by atoms with Gasteiger partial charge in [0.05, 0.1) is 0 Å². The zero-order chi connectivity index (χ0) is 10.6. The number of hydrogen-bond acceptors (Lipinski definition) is 1. The van der Waals surface area contributed by atoms with E-state index in [1.54, 1.807) is 0 Å². The van der Waals surface area contributed by atoms with Crippen LogP contribution < -0.4 is 0 Å². The zero-order valence-electron chi connectivity index (χ0n) is 9.73. The van der Waals surface area contributed by atoms with E-state index in [1.807, 2.05) is 0 Å². The van der Waals surface area contributed by atoms with Gasteiger partial charge in [0.25, 0.3) is 0 Å². The topological polar surface area (TPSA) is 17.1 Å². The first-order valence-corrected chi connectivity index (χ1v) is 5.77. The summed E-state index contributed by atoms with van der Waals surface area (Å²) >= 11 is 0. The smallest absolute Gasteiger partial charge is 0.158 e. The quantitative estimate of drug-likeness (QED) is 0.649. The molecule has 1 rings (SSSR count). The van der Waals surface area contributed by atoms with Crippen molar-refractivity contribution in [2.24, 2.45) is 5.41 Å². The molecule has 0 aromatic rings. The molecule has 0 atom stereocenters. The van der Waals surface area contributed by atoms with E-state index < -0.39 is 0 Å². The third-order valence-corrected chi connectivity index (χ3v) is 3.39. The van der Waals surface area contributed by atoms with E-state index in [-0.39, 0.29) is 0 Å². The van der Waals surface area contributed by atoms with Crippen LogP contribution in [0.4, 0.5) is 0 Å². The molecule has 14 heavy (non-hydrogen) atoms. The maximum atomic E-state index is 11.7. The first-order valence-electron chi connectivity index (χ1n) is 5.77. The molecular formula is C13H22O. The minimum absolute atomic E-state index is 0.328. The van der Waals surface area contributed by atoms with Gasteiger partial charge in [-0.05, 0) is 36.7 Å². The molecule has 0 amide bonds. The molecule has 0 bridgehead atoms. The highest BCUT2D eigenvalue weighted by molar-refractivity contribution is 5.95. The third-order valence-electron chi connectivity index (χ3n) is 3.39. The fourth-order valence-electron chi connectivity index (χ4n) is 1.71. The van der Waals surface area contributed by atoms with Gasteiger partial charge in [-0.15, -0.1) is 0 Å². The highest BCUT2D eigenvalue weighted by Gasteiger charge is 2.19. The molecule has 0 saturated carbocycles. The molecule has 1 aliphatic carbocycles. The molecule has 0 fully saturated rings. The Morgan fingerprint density at radius 1 is 1.50 bits per heavy atom. The summed E-state index contributed by atoms with van der Waals surface area (Å²) in [4.78, 5) is 11.7. The first kappa shape index (κ1) is 11.5. The largest absolute Gasteiger partial charge is 0.295 e. The number of rotatable bonds is 5. The van der Waals surface area contributed by atoms with Crippen molar-refractivity contribution in [2.45, 2.75) is 59.3 Å². The van der Waals surface area contributed by atoms with Crippen molar-refractivity contribution in [1.82, 2.24) is 0 Å². The molecular weight excluding hydrogens is 172 g/mol. The average Bonchev–Trinajstić information content (AvgIpc) is 2.67. The van der Waals surface area contributed by atoms with Crippen LogP contribution in [0.5, 0.6) is 0 Å². The van der Waals surface area contributed by atoms with Crippen molar-refractivity contribution >= 4 is 5.78 Å². The summed E-state index contributed by atoms with van der Waals surface area (Å²) in [7, 11) is 0. The van der Waals surface area contributed by atoms with Crippen LogP contribution in [0.25, 0.3) is 0 Å². The number of carbonyl (C=O) groups is 1. The van der Waals surface area contributed by atoms with Crippen molar-refractivity contribution in [3.05, 3.63) is 11.6 Å². The lowest BCUT2D eigenvalue weighted by Crippen LogP contribution is -2.12. The molecule has 1 heteroatoms. The van der Waals surface area contributed by atoms with Crippen LogP contribution in [0.2, 0.25) is 0 Å². The number of hydrogen-bond donors (Lipinski definition) is 0. The fraction of sp³-hybridized carbons (Fsp3) is 0.769. The van der Waals surface area contributed by atoms with Gasteiger partial charge in [0.15, 0.2) is 5.78 Å². The van der Waals surface area contributed by atoms with Crippen LogP contribution in [0, 0.1) is 5.41 Å². The van der Waals surface area contributed by atoms with Crippen LogP contribution in [-0.2, 0) is 4.79 Å². The molecule has 0 unspecified atom stereocenters. The van der Waals surface area contributed by atoms with Gasteiger partial charge in [-0.25, -0.2) is 0 Å². The van der Waals surface area contributed by atoms with Crippen LogP contribution in [0.15, 0.2) is 11.6 Å². The Kier molecular flexibility index (Phi) is 3.91. The molecule has 0 heterocycles. The summed E-state index contributed by atoms with van der Waals surface area (Å²) in [6.07, 6.45) is 8.36. The van der Waals surface area contributed by atoms with Gasteiger partial charge in [0.1, 0.15) is 0 Å². The lowest BCUT2D eigenvalue weighted by atomic mass is 9.84. The molecule has 0 radical (unpaired) electrons. The highest BCUT2D eigenvalue weighted by atomic mass is 16.1. The monoisotopic (exact) mass is 194 g/mol. The lowest BCUT2D eigenvalue weighted by Gasteiger charge is -2.21. The predicted octanol–water partition coefficient (Wildman–Crippen LogP) is 3.88. The number of carbonyl (C=O) groups excluding carboxylic acids is 1. The molecule has 80 valence electrons. The van der Waals surface area contributed by atoms with Gasteiger partial charge in [0.2, 0.25) is 0 Å². The van der Waals surface area contributed by atoms with Crippen molar-refractivity contribution in [1.29, 1.82) is 0 Å². The predicted molar refractivity (Wildman–Crippen MR) is 60.2 cm³/mol. The van der Waals surface area contributed by atoms with Crippen LogP contribution in [-0.4, -0.2) is 5.78 Å². The van der Waals surface area contributed by atoms with E-state index in [0.29, 0.717) is 11.2 Å². The van der Waals surface area contributed by atoms with Crippen LogP contribution in [0.1, 0.15) is 59.3 Å². The summed E-state index contributed by atoms with van der Waals surface area (Å²) in [5.74, 6) is 0.393. The van der Waals surface area contributed by atoms with E-state index in [2.05, 4.69) is 26.8 Å². The van der Waals surface area contributed by atoms with E-state index in [0.717, 1.165) is 37.7 Å². The van der Waals surface area contributed by atoms with Crippen LogP contribution in [0.3, 0.4) is 0 Å². The van der Waals surface area contributed by atoms with Crippen molar-refractivity contribution < 1.29 is 4.79 Å². The molecule has 0 aromatic carbocycles. The Morgan fingerprint density at radius 3 is 2.71 bits per heavy atom. The van der Waals surface area contributed by atoms with Crippen molar-refractivity contribution in [3.63, 3.8) is 0 Å². The molecule has 0 N–H and O–H groups in total. The molecule has 1 nitrogen and oxygen atoms in total. The molecule has 0 saturated heterocycles. The number of ketones is 1. The minimum Gasteiger partial charge on any atom is -0.295 e. The van der Waals surface area contributed by atoms with Crippen molar-refractivity contribution in [2.75, 3.05) is 0 Å². The maximum Gasteiger partial charge on any atom is 0.158 e. The molecule has 0 aromatic heterocycles. The fourth-order valence-corrected chi connectivity index (χ4v) is 1.71. The van der Waals surface area contributed by atoms with Gasteiger partial charge < -0.3 is 0 Å². The summed E-state index contributed by atoms with van der Waals surface area (Å²) in [6, 6.07) is 0. The standard InChI is InChI=1S/C13H22O/c1-4-13(2,3)10-9-12(14)11-7-5-6-8-11/h7H,4-6,8-10H2,1-3H3. The molecule has 0 aliphatic heterocycles. The Morgan fingerprint density at radius 2 is 2.21 bits per heavy atom. The second-order valence-electron chi connectivity index (χ2n) is 5.06. The molecule has 1 aliphatic rings. The van der Waals surface area contributed by atoms with E-state index in [4.69, 9.17) is 0 Å². The second kappa shape index (κ2) is 4.77. The van der Waals surface area contributed by atoms with E-state index in [1.165, 1.54) is 6.42 Å². The minimum atomic E-state index is 0.328. The Labute approximate surface area is 87.6 Å². The first-order chi connectivity index (χ1) is 6.55.